The van der Waals surface area contributed by atoms with Crippen LogP contribution in [-0.4, -0.2) is 56.8 Å². The summed E-state index contributed by atoms with van der Waals surface area (Å²) in [4.78, 5) is 41.0. The van der Waals surface area contributed by atoms with Gasteiger partial charge in [0.1, 0.15) is 11.9 Å². The van der Waals surface area contributed by atoms with Crippen molar-refractivity contribution in [3.8, 4) is 0 Å². The van der Waals surface area contributed by atoms with Crippen LogP contribution in [0.25, 0.3) is 10.9 Å². The van der Waals surface area contributed by atoms with Crippen LogP contribution in [0.3, 0.4) is 0 Å². The molecule has 1 fully saturated rings. The molecule has 4 N–H and O–H groups in total. The van der Waals surface area contributed by atoms with Crippen LogP contribution in [-0.2, 0) is 16.1 Å². The molecule has 1 aliphatic rings. The van der Waals surface area contributed by atoms with Gasteiger partial charge in [-0.3, -0.25) is 14.3 Å². The standard InChI is InChI=1S/C26H32N6O4/c33-24(29-17-21(26(35)36)31-25(34)18-7-2-1-3-8-18)19-10-11-22-20(15-19)16-30-32(22)14-6-13-28-23-9-4-5-12-27-23/h4-5,9-12,15-16,18,21H,1-3,6-8,13-14,17H2,(H,27,28)(H,29,33)(H,31,34)(H,35,36)/t21-/m0/s1. The highest BCUT2D eigenvalue weighted by molar-refractivity contribution is 5.98. The lowest BCUT2D eigenvalue weighted by molar-refractivity contribution is -0.142. The summed E-state index contributed by atoms with van der Waals surface area (Å²) < 4.78 is 1.89. The lowest BCUT2D eigenvalue weighted by Gasteiger charge is -2.23. The first-order valence-electron chi connectivity index (χ1n) is 12.4. The van der Waals surface area contributed by atoms with E-state index in [1.165, 1.54) is 0 Å². The van der Waals surface area contributed by atoms with Crippen LogP contribution in [0.1, 0.15) is 48.9 Å². The number of aliphatic carboxylic acids is 1. The molecule has 10 heteroatoms. The van der Waals surface area contributed by atoms with E-state index in [2.05, 4.69) is 26.0 Å². The predicted octanol–water partition coefficient (Wildman–Crippen LogP) is 2.81. The summed E-state index contributed by atoms with van der Waals surface area (Å²) in [6.07, 6.45) is 8.92. The number of aromatic nitrogens is 3. The summed E-state index contributed by atoms with van der Waals surface area (Å²) in [5, 5.41) is 23.3. The third-order valence-corrected chi connectivity index (χ3v) is 6.48. The molecule has 0 saturated heterocycles. The van der Waals surface area contributed by atoms with Crippen LogP contribution in [0.5, 0.6) is 0 Å². The number of carboxylic acids is 1. The van der Waals surface area contributed by atoms with E-state index in [-0.39, 0.29) is 18.4 Å². The molecule has 1 aliphatic carbocycles. The molecule has 3 aromatic rings. The molecule has 0 aliphatic heterocycles. The number of fused-ring (bicyclic) bond motifs is 1. The van der Waals surface area contributed by atoms with Crippen LogP contribution < -0.4 is 16.0 Å². The third kappa shape index (κ3) is 6.59. The zero-order valence-electron chi connectivity index (χ0n) is 20.2. The van der Waals surface area contributed by atoms with Crippen molar-refractivity contribution >= 4 is 34.5 Å². The highest BCUT2D eigenvalue weighted by Gasteiger charge is 2.27. The zero-order valence-corrected chi connectivity index (χ0v) is 20.2. The van der Waals surface area contributed by atoms with Crippen molar-refractivity contribution < 1.29 is 19.5 Å². The Labute approximate surface area is 209 Å². The molecule has 1 atom stereocenters. The summed E-state index contributed by atoms with van der Waals surface area (Å²) in [6, 6.07) is 9.81. The fourth-order valence-electron chi connectivity index (χ4n) is 4.47. The fraction of sp³-hybridized carbons (Fsp3) is 0.423. The average molecular weight is 493 g/mol. The number of amides is 2. The van der Waals surface area contributed by atoms with E-state index in [0.29, 0.717) is 12.1 Å². The molecule has 2 amide bonds. The molecule has 2 aromatic heterocycles. The number of hydrogen-bond donors (Lipinski definition) is 4. The van der Waals surface area contributed by atoms with Crippen LogP contribution in [0.2, 0.25) is 0 Å². The minimum Gasteiger partial charge on any atom is -0.480 e. The molecule has 0 spiro atoms. The Bertz CT molecular complexity index is 1190. The van der Waals surface area contributed by atoms with Crippen molar-refractivity contribution in [2.45, 2.75) is 51.1 Å². The molecule has 0 bridgehead atoms. The second kappa shape index (κ2) is 12.1. The molecule has 0 unspecified atom stereocenters. The second-order valence-corrected chi connectivity index (χ2v) is 9.08. The van der Waals surface area contributed by atoms with Gasteiger partial charge in [-0.15, -0.1) is 0 Å². The number of carbonyl (C=O) groups is 3. The Hall–Kier alpha value is -3.95. The van der Waals surface area contributed by atoms with E-state index in [0.717, 1.165) is 61.8 Å². The monoisotopic (exact) mass is 492 g/mol. The van der Waals surface area contributed by atoms with E-state index in [9.17, 15) is 19.5 Å². The van der Waals surface area contributed by atoms with Gasteiger partial charge >= 0.3 is 5.97 Å². The maximum Gasteiger partial charge on any atom is 0.328 e. The normalized spacial score (nSPS) is 14.8. The van der Waals surface area contributed by atoms with E-state index < -0.39 is 17.9 Å². The molecule has 4 rings (SSSR count). The number of anilines is 1. The van der Waals surface area contributed by atoms with Gasteiger partial charge in [-0.25, -0.2) is 9.78 Å². The zero-order chi connectivity index (χ0) is 25.3. The van der Waals surface area contributed by atoms with Crippen LogP contribution in [0.15, 0.2) is 48.8 Å². The molecule has 0 radical (unpaired) electrons. The average Bonchev–Trinajstić information content (AvgIpc) is 3.31. The number of hydrogen-bond acceptors (Lipinski definition) is 6. The van der Waals surface area contributed by atoms with Crippen LogP contribution in [0.4, 0.5) is 5.82 Å². The molecule has 1 aromatic carbocycles. The van der Waals surface area contributed by atoms with Crippen molar-refractivity contribution in [2.75, 3.05) is 18.4 Å². The summed E-state index contributed by atoms with van der Waals surface area (Å²) in [5.41, 5.74) is 1.31. The molecule has 36 heavy (non-hydrogen) atoms. The first-order valence-corrected chi connectivity index (χ1v) is 12.4. The fourth-order valence-corrected chi connectivity index (χ4v) is 4.47. The maximum absolute atomic E-state index is 12.7. The first kappa shape index (κ1) is 25.2. The van der Waals surface area contributed by atoms with E-state index in [1.54, 1.807) is 24.5 Å². The van der Waals surface area contributed by atoms with Gasteiger partial charge < -0.3 is 21.1 Å². The summed E-state index contributed by atoms with van der Waals surface area (Å²) >= 11 is 0. The van der Waals surface area contributed by atoms with Crippen molar-refractivity contribution in [2.24, 2.45) is 5.92 Å². The highest BCUT2D eigenvalue weighted by atomic mass is 16.4. The summed E-state index contributed by atoms with van der Waals surface area (Å²) in [7, 11) is 0. The van der Waals surface area contributed by atoms with Crippen molar-refractivity contribution in [1.29, 1.82) is 0 Å². The van der Waals surface area contributed by atoms with E-state index in [1.807, 2.05) is 28.9 Å². The maximum atomic E-state index is 12.7. The van der Waals surface area contributed by atoms with Crippen molar-refractivity contribution in [3.63, 3.8) is 0 Å². The smallest absolute Gasteiger partial charge is 0.328 e. The second-order valence-electron chi connectivity index (χ2n) is 9.08. The highest BCUT2D eigenvalue weighted by Crippen LogP contribution is 2.23. The Balaban J connectivity index is 1.29. The van der Waals surface area contributed by atoms with Gasteiger partial charge in [0, 0.05) is 42.7 Å². The predicted molar refractivity (Wildman–Crippen MR) is 136 cm³/mol. The topological polar surface area (TPSA) is 138 Å². The molecule has 10 nitrogen and oxygen atoms in total. The Morgan fingerprint density at radius 3 is 2.69 bits per heavy atom. The summed E-state index contributed by atoms with van der Waals surface area (Å²) in [5.74, 6) is -1.14. The Morgan fingerprint density at radius 1 is 1.11 bits per heavy atom. The van der Waals surface area contributed by atoms with Gasteiger partial charge in [0.05, 0.1) is 11.7 Å². The lowest BCUT2D eigenvalue weighted by atomic mass is 9.88. The number of carbonyl (C=O) groups excluding carboxylic acids is 2. The van der Waals surface area contributed by atoms with Crippen LogP contribution >= 0.6 is 0 Å². The number of carboxylic acid groups (broad SMARTS) is 1. The van der Waals surface area contributed by atoms with E-state index in [4.69, 9.17) is 0 Å². The van der Waals surface area contributed by atoms with Gasteiger partial charge in [-0.1, -0.05) is 25.3 Å². The first-order chi connectivity index (χ1) is 17.5. The van der Waals surface area contributed by atoms with Gasteiger partial charge in [0.15, 0.2) is 0 Å². The molecule has 2 heterocycles. The molecule has 1 saturated carbocycles. The Morgan fingerprint density at radius 2 is 1.94 bits per heavy atom. The molecular formula is C26H32N6O4. The third-order valence-electron chi connectivity index (χ3n) is 6.48. The minimum atomic E-state index is -1.17. The lowest BCUT2D eigenvalue weighted by Crippen LogP contribution is -2.50. The number of benzene rings is 1. The van der Waals surface area contributed by atoms with Crippen LogP contribution in [0, 0.1) is 5.92 Å². The van der Waals surface area contributed by atoms with Gasteiger partial charge in [0.25, 0.3) is 5.91 Å². The number of rotatable bonds is 11. The number of nitrogens with zero attached hydrogens (tertiary/aromatic N) is 3. The number of pyridine rings is 1. The Kier molecular flexibility index (Phi) is 8.48. The largest absolute Gasteiger partial charge is 0.480 e. The van der Waals surface area contributed by atoms with E-state index >= 15 is 0 Å². The number of nitrogens with one attached hydrogen (secondary N) is 3. The van der Waals surface area contributed by atoms with Crippen molar-refractivity contribution in [3.05, 3.63) is 54.4 Å². The summed E-state index contributed by atoms with van der Waals surface area (Å²) in [6.45, 7) is 1.27. The van der Waals surface area contributed by atoms with Gasteiger partial charge in [0.2, 0.25) is 5.91 Å². The van der Waals surface area contributed by atoms with Gasteiger partial charge in [-0.2, -0.15) is 5.10 Å². The van der Waals surface area contributed by atoms with Gasteiger partial charge in [-0.05, 0) is 49.6 Å². The molecular weight excluding hydrogens is 460 g/mol. The quantitative estimate of drug-likeness (QED) is 0.302. The SMILES string of the molecule is O=C(NC[C@H](NC(=O)C1CCCCC1)C(=O)O)c1ccc2c(cnn2CCCNc2ccccn2)c1. The molecule has 190 valence electrons. The number of aryl methyl sites for hydroxylation is 1. The van der Waals surface area contributed by atoms with Crippen molar-refractivity contribution in [1.82, 2.24) is 25.4 Å². The minimum absolute atomic E-state index is 0.152.